The summed E-state index contributed by atoms with van der Waals surface area (Å²) < 4.78 is 22.4. The maximum Gasteiger partial charge on any atom is 0.306 e. The van der Waals surface area contributed by atoms with Crippen molar-refractivity contribution < 1.29 is 42.9 Å². The smallest absolute Gasteiger partial charge is 0.306 e. The molecule has 2 unspecified atom stereocenters. The molecule has 0 saturated carbocycles. The molecular weight excluding hydrogens is 839 g/mol. The van der Waals surface area contributed by atoms with E-state index in [1.165, 1.54) is 186 Å². The molecule has 0 heterocycles. The number of ether oxygens (including phenoxy) is 4. The SMILES string of the molecule is CCCCCCC/C=C\C/C=C\CCCCCCCCCCCCCCCCCCCCCCCCCCCC(=O)OC(COC(=O)CCCCCCC)COC(OCC[N+](C)(C)C)C(=O)[O-]. The third kappa shape index (κ3) is 51.4. The van der Waals surface area contributed by atoms with Crippen molar-refractivity contribution in [3.63, 3.8) is 0 Å². The Morgan fingerprint density at radius 3 is 1.18 bits per heavy atom. The molecular formula is C58H109NO8. The van der Waals surface area contributed by atoms with E-state index in [9.17, 15) is 19.5 Å². The minimum absolute atomic E-state index is 0.151. The minimum atomic E-state index is -1.61. The number of hydrogen-bond acceptors (Lipinski definition) is 8. The molecule has 2 atom stereocenters. The summed E-state index contributed by atoms with van der Waals surface area (Å²) in [5.74, 6) is -2.28. The molecule has 0 aliphatic carbocycles. The van der Waals surface area contributed by atoms with E-state index in [0.717, 1.165) is 57.8 Å². The van der Waals surface area contributed by atoms with E-state index < -0.39 is 24.3 Å². The molecule has 0 aromatic heterocycles. The summed E-state index contributed by atoms with van der Waals surface area (Å²) in [7, 11) is 5.91. The number of carbonyl (C=O) groups excluding carboxylic acids is 3. The van der Waals surface area contributed by atoms with Crippen molar-refractivity contribution in [1.29, 1.82) is 0 Å². The molecule has 0 radical (unpaired) electrons. The summed E-state index contributed by atoms with van der Waals surface area (Å²) in [6.07, 6.45) is 56.0. The van der Waals surface area contributed by atoms with Gasteiger partial charge in [0, 0.05) is 12.8 Å². The lowest BCUT2D eigenvalue weighted by atomic mass is 10.0. The summed E-state index contributed by atoms with van der Waals surface area (Å²) in [5, 5.41) is 11.7. The molecule has 0 amide bonds. The minimum Gasteiger partial charge on any atom is -0.545 e. The van der Waals surface area contributed by atoms with Gasteiger partial charge in [0.15, 0.2) is 12.4 Å². The number of carboxylic acids is 1. The van der Waals surface area contributed by atoms with Crippen molar-refractivity contribution in [2.75, 3.05) is 47.5 Å². The highest BCUT2D eigenvalue weighted by atomic mass is 16.7. The highest BCUT2D eigenvalue weighted by molar-refractivity contribution is 5.70. The van der Waals surface area contributed by atoms with Crippen LogP contribution in [0.3, 0.4) is 0 Å². The molecule has 0 aromatic rings. The fraction of sp³-hybridized carbons (Fsp3) is 0.879. The fourth-order valence-electron chi connectivity index (χ4n) is 8.27. The Morgan fingerprint density at radius 1 is 0.448 bits per heavy atom. The van der Waals surface area contributed by atoms with Crippen LogP contribution in [0.1, 0.15) is 271 Å². The van der Waals surface area contributed by atoms with Crippen molar-refractivity contribution in [3.05, 3.63) is 24.3 Å². The van der Waals surface area contributed by atoms with Crippen molar-refractivity contribution in [2.45, 2.75) is 283 Å². The number of rotatable bonds is 53. The van der Waals surface area contributed by atoms with Crippen molar-refractivity contribution >= 4 is 17.9 Å². The lowest BCUT2D eigenvalue weighted by molar-refractivity contribution is -0.870. The first kappa shape index (κ1) is 64.8. The molecule has 0 bridgehead atoms. The maximum atomic E-state index is 12.7. The largest absolute Gasteiger partial charge is 0.545 e. The number of allylic oxidation sites excluding steroid dienone is 4. The van der Waals surface area contributed by atoms with Gasteiger partial charge in [-0.05, 0) is 44.9 Å². The van der Waals surface area contributed by atoms with Crippen LogP contribution in [-0.2, 0) is 33.3 Å². The summed E-state index contributed by atoms with van der Waals surface area (Å²) >= 11 is 0. The van der Waals surface area contributed by atoms with Crippen LogP contribution in [0, 0.1) is 0 Å². The van der Waals surface area contributed by atoms with Crippen LogP contribution in [0.4, 0.5) is 0 Å². The second-order valence-electron chi connectivity index (χ2n) is 20.6. The van der Waals surface area contributed by atoms with Gasteiger partial charge in [0.25, 0.3) is 0 Å². The van der Waals surface area contributed by atoms with Crippen molar-refractivity contribution in [3.8, 4) is 0 Å². The number of unbranched alkanes of at least 4 members (excludes halogenated alkanes) is 34. The van der Waals surface area contributed by atoms with Gasteiger partial charge in [0.05, 0.1) is 40.3 Å². The first-order chi connectivity index (χ1) is 32.6. The molecule has 67 heavy (non-hydrogen) atoms. The third-order valence-electron chi connectivity index (χ3n) is 12.7. The Bertz CT molecular complexity index is 1150. The van der Waals surface area contributed by atoms with Crippen LogP contribution in [0.5, 0.6) is 0 Å². The average molecular weight is 949 g/mol. The lowest BCUT2D eigenvalue weighted by Crippen LogP contribution is -2.44. The molecule has 394 valence electrons. The van der Waals surface area contributed by atoms with Gasteiger partial charge >= 0.3 is 11.9 Å². The first-order valence-electron chi connectivity index (χ1n) is 28.5. The van der Waals surface area contributed by atoms with E-state index in [4.69, 9.17) is 18.9 Å². The van der Waals surface area contributed by atoms with E-state index in [1.807, 2.05) is 21.1 Å². The summed E-state index contributed by atoms with van der Waals surface area (Å²) in [5.41, 5.74) is 0. The van der Waals surface area contributed by atoms with Gasteiger partial charge in [0.2, 0.25) is 0 Å². The zero-order chi connectivity index (χ0) is 49.2. The summed E-state index contributed by atoms with van der Waals surface area (Å²) in [6, 6.07) is 0. The molecule has 0 N–H and O–H groups in total. The molecule has 9 nitrogen and oxygen atoms in total. The van der Waals surface area contributed by atoms with Gasteiger partial charge in [-0.1, -0.05) is 237 Å². The standard InChI is InChI=1S/C58H109NO8/c1-6-8-10-12-13-14-15-16-17-18-19-20-21-22-23-24-25-26-27-28-29-30-31-32-33-34-35-36-37-38-39-40-41-42-43-45-47-49-56(61)67-54(52-65-55(60)48-46-44-11-9-7-2)53-66-58(57(62)63)64-51-50-59(3,4)5/h15-16,18-19,54,58H,6-14,17,20-53H2,1-5H3/b16-15-,19-18-. The number of likely N-dealkylation sites (N-methyl/N-ethyl adjacent to an activating group) is 1. The Kier molecular flexibility index (Phi) is 48.5. The van der Waals surface area contributed by atoms with Crippen molar-refractivity contribution in [2.24, 2.45) is 0 Å². The Hall–Kier alpha value is -2.23. The topological polar surface area (TPSA) is 111 Å². The maximum absolute atomic E-state index is 12.7. The number of nitrogens with zero attached hydrogens (tertiary/aromatic N) is 1. The van der Waals surface area contributed by atoms with E-state index >= 15 is 0 Å². The van der Waals surface area contributed by atoms with Gasteiger partial charge in [-0.3, -0.25) is 9.59 Å². The second-order valence-corrected chi connectivity index (χ2v) is 20.6. The van der Waals surface area contributed by atoms with Crippen LogP contribution in [0.2, 0.25) is 0 Å². The summed E-state index contributed by atoms with van der Waals surface area (Å²) in [6.45, 7) is 4.66. The predicted octanol–water partition coefficient (Wildman–Crippen LogP) is 15.0. The molecule has 0 aliphatic heterocycles. The Morgan fingerprint density at radius 2 is 0.806 bits per heavy atom. The third-order valence-corrected chi connectivity index (χ3v) is 12.7. The first-order valence-corrected chi connectivity index (χ1v) is 28.5. The van der Waals surface area contributed by atoms with E-state index in [2.05, 4.69) is 38.2 Å². The van der Waals surface area contributed by atoms with Gasteiger partial charge < -0.3 is 33.3 Å². The lowest BCUT2D eigenvalue weighted by Gasteiger charge is -2.26. The van der Waals surface area contributed by atoms with Gasteiger partial charge in [0.1, 0.15) is 13.2 Å². The molecule has 0 spiro atoms. The van der Waals surface area contributed by atoms with Gasteiger partial charge in [-0.2, -0.15) is 0 Å². The zero-order valence-corrected chi connectivity index (χ0v) is 44.8. The van der Waals surface area contributed by atoms with E-state index in [-0.39, 0.29) is 32.2 Å². The highest BCUT2D eigenvalue weighted by Crippen LogP contribution is 2.17. The van der Waals surface area contributed by atoms with Crippen LogP contribution in [0.15, 0.2) is 24.3 Å². The molecule has 0 fully saturated rings. The molecule has 0 rings (SSSR count). The van der Waals surface area contributed by atoms with E-state index in [0.29, 0.717) is 17.4 Å². The fourth-order valence-corrected chi connectivity index (χ4v) is 8.27. The predicted molar refractivity (Wildman–Crippen MR) is 279 cm³/mol. The average Bonchev–Trinajstić information content (AvgIpc) is 3.29. The number of carbonyl (C=O) groups is 3. The normalized spacial score (nSPS) is 12.9. The Balaban J connectivity index is 3.78. The number of hydrogen-bond donors (Lipinski definition) is 0. The van der Waals surface area contributed by atoms with Crippen LogP contribution < -0.4 is 5.11 Å². The monoisotopic (exact) mass is 948 g/mol. The molecule has 0 aliphatic rings. The molecule has 9 heteroatoms. The zero-order valence-electron chi connectivity index (χ0n) is 44.8. The Labute approximate surface area is 414 Å². The van der Waals surface area contributed by atoms with Crippen LogP contribution in [0.25, 0.3) is 0 Å². The van der Waals surface area contributed by atoms with E-state index in [1.54, 1.807) is 0 Å². The number of carboxylic acid groups (broad SMARTS) is 1. The van der Waals surface area contributed by atoms with Gasteiger partial charge in [-0.25, -0.2) is 0 Å². The number of quaternary nitrogens is 1. The van der Waals surface area contributed by atoms with Gasteiger partial charge in [-0.15, -0.1) is 0 Å². The highest BCUT2D eigenvalue weighted by Gasteiger charge is 2.22. The van der Waals surface area contributed by atoms with Crippen LogP contribution in [-0.4, -0.2) is 82.3 Å². The molecule has 0 saturated heterocycles. The molecule has 0 aromatic carbocycles. The van der Waals surface area contributed by atoms with Crippen molar-refractivity contribution in [1.82, 2.24) is 0 Å². The van der Waals surface area contributed by atoms with Crippen LogP contribution >= 0.6 is 0 Å². The summed E-state index contributed by atoms with van der Waals surface area (Å²) in [4.78, 5) is 36.7. The number of aliphatic carboxylic acids is 1. The quantitative estimate of drug-likeness (QED) is 0.0195. The second kappa shape index (κ2) is 50.2. The number of esters is 2.